The molecule has 0 bridgehead atoms. The summed E-state index contributed by atoms with van der Waals surface area (Å²) in [5, 5.41) is 0.704. The molecule has 3 rings (SSSR count). The number of halogens is 1. The number of fused-ring (bicyclic) bond motifs is 1. The first-order chi connectivity index (χ1) is 11.0. The van der Waals surface area contributed by atoms with E-state index in [1.54, 1.807) is 12.1 Å². The highest BCUT2D eigenvalue weighted by Crippen LogP contribution is 2.22. The minimum Gasteiger partial charge on any atom is -0.464 e. The zero-order chi connectivity index (χ0) is 16.6. The molecule has 23 heavy (non-hydrogen) atoms. The first kappa shape index (κ1) is 15.5. The summed E-state index contributed by atoms with van der Waals surface area (Å²) in [5.74, 6) is 0.344. The highest BCUT2D eigenvalue weighted by atomic mass is 35.5. The number of esters is 1. The maximum absolute atomic E-state index is 11.7. The molecule has 3 aromatic rings. The van der Waals surface area contributed by atoms with Gasteiger partial charge in [0.25, 0.3) is 0 Å². The summed E-state index contributed by atoms with van der Waals surface area (Å²) >= 11 is 6.33. The lowest BCUT2D eigenvalue weighted by atomic mass is 10.1. The number of pyridine rings is 1. The van der Waals surface area contributed by atoms with Crippen LogP contribution in [0.15, 0.2) is 30.3 Å². The van der Waals surface area contributed by atoms with Crippen molar-refractivity contribution in [1.82, 2.24) is 14.5 Å². The van der Waals surface area contributed by atoms with Crippen LogP contribution in [0.3, 0.4) is 0 Å². The molecule has 0 amide bonds. The van der Waals surface area contributed by atoms with Gasteiger partial charge in [0.2, 0.25) is 0 Å². The third-order valence-electron chi connectivity index (χ3n) is 3.71. The second-order valence-electron chi connectivity index (χ2n) is 5.37. The predicted molar refractivity (Wildman–Crippen MR) is 88.9 cm³/mol. The van der Waals surface area contributed by atoms with E-state index in [2.05, 4.69) is 9.97 Å². The number of imidazole rings is 1. The van der Waals surface area contributed by atoms with Gasteiger partial charge in [0.05, 0.1) is 13.7 Å². The van der Waals surface area contributed by atoms with Crippen molar-refractivity contribution in [3.05, 3.63) is 58.0 Å². The van der Waals surface area contributed by atoms with Crippen LogP contribution in [-0.2, 0) is 11.3 Å². The third-order valence-corrected chi connectivity index (χ3v) is 4.07. The van der Waals surface area contributed by atoms with E-state index in [1.165, 1.54) is 7.11 Å². The third kappa shape index (κ3) is 2.92. The number of carbonyl (C=O) groups is 1. The van der Waals surface area contributed by atoms with E-state index in [-0.39, 0.29) is 5.69 Å². The summed E-state index contributed by atoms with van der Waals surface area (Å²) in [7, 11) is 1.34. The highest BCUT2D eigenvalue weighted by molar-refractivity contribution is 6.31. The van der Waals surface area contributed by atoms with Gasteiger partial charge in [-0.25, -0.2) is 14.8 Å². The van der Waals surface area contributed by atoms with E-state index in [9.17, 15) is 4.79 Å². The SMILES string of the molecule is COC(=O)c1ccc2nc(C)n(Cc3ccc(C)cc3Cl)c2n1. The predicted octanol–water partition coefficient (Wildman–Crippen LogP) is 3.54. The maximum atomic E-state index is 11.7. The highest BCUT2D eigenvalue weighted by Gasteiger charge is 2.14. The Kier molecular flexibility index (Phi) is 4.05. The molecule has 5 nitrogen and oxygen atoms in total. The average molecular weight is 330 g/mol. The fraction of sp³-hybridized carbons (Fsp3) is 0.235. The van der Waals surface area contributed by atoms with Gasteiger partial charge in [0.15, 0.2) is 11.3 Å². The van der Waals surface area contributed by atoms with Crippen LogP contribution in [0.2, 0.25) is 5.02 Å². The second kappa shape index (κ2) is 6.01. The summed E-state index contributed by atoms with van der Waals surface area (Å²) in [6.07, 6.45) is 0. The van der Waals surface area contributed by atoms with Gasteiger partial charge in [0, 0.05) is 5.02 Å². The molecular weight excluding hydrogens is 314 g/mol. The molecular formula is C17H16ClN3O2. The van der Waals surface area contributed by atoms with Crippen molar-refractivity contribution in [2.45, 2.75) is 20.4 Å². The second-order valence-corrected chi connectivity index (χ2v) is 5.78. The zero-order valence-corrected chi connectivity index (χ0v) is 13.9. The molecule has 6 heteroatoms. The van der Waals surface area contributed by atoms with E-state index in [0.29, 0.717) is 17.2 Å². The van der Waals surface area contributed by atoms with Crippen LogP contribution in [0, 0.1) is 13.8 Å². The average Bonchev–Trinajstić information content (AvgIpc) is 2.84. The van der Waals surface area contributed by atoms with Gasteiger partial charge in [-0.15, -0.1) is 0 Å². The molecule has 0 radical (unpaired) electrons. The Hall–Kier alpha value is -2.40. The molecule has 0 aliphatic heterocycles. The van der Waals surface area contributed by atoms with Crippen LogP contribution in [-0.4, -0.2) is 27.6 Å². The normalized spacial score (nSPS) is 11.0. The standard InChI is InChI=1S/C17H16ClN3O2/c1-10-4-5-12(13(18)8-10)9-21-11(2)19-14-6-7-15(17(22)23-3)20-16(14)21/h4-8H,9H2,1-3H3. The van der Waals surface area contributed by atoms with E-state index < -0.39 is 5.97 Å². The van der Waals surface area contributed by atoms with Gasteiger partial charge in [-0.3, -0.25) is 0 Å². The van der Waals surface area contributed by atoms with E-state index in [4.69, 9.17) is 16.3 Å². The van der Waals surface area contributed by atoms with Crippen molar-refractivity contribution in [1.29, 1.82) is 0 Å². The van der Waals surface area contributed by atoms with Gasteiger partial charge >= 0.3 is 5.97 Å². The smallest absolute Gasteiger partial charge is 0.356 e. The number of ether oxygens (including phenoxy) is 1. The van der Waals surface area contributed by atoms with Crippen LogP contribution >= 0.6 is 11.6 Å². The number of rotatable bonds is 3. The largest absolute Gasteiger partial charge is 0.464 e. The molecule has 0 N–H and O–H groups in total. The maximum Gasteiger partial charge on any atom is 0.356 e. The number of carbonyl (C=O) groups excluding carboxylic acids is 1. The van der Waals surface area contributed by atoms with Crippen LogP contribution in [0.4, 0.5) is 0 Å². The van der Waals surface area contributed by atoms with Crippen molar-refractivity contribution in [2.75, 3.05) is 7.11 Å². The Bertz CT molecular complexity index is 902. The minimum atomic E-state index is -0.467. The van der Waals surface area contributed by atoms with Gasteiger partial charge in [-0.05, 0) is 43.2 Å². The fourth-order valence-corrected chi connectivity index (χ4v) is 2.77. The molecule has 0 spiro atoms. The Morgan fingerprint density at radius 1 is 1.22 bits per heavy atom. The number of aromatic nitrogens is 3. The van der Waals surface area contributed by atoms with Crippen LogP contribution in [0.25, 0.3) is 11.2 Å². The van der Waals surface area contributed by atoms with E-state index in [1.807, 2.05) is 36.6 Å². The Morgan fingerprint density at radius 2 is 2.00 bits per heavy atom. The number of hydrogen-bond donors (Lipinski definition) is 0. The lowest BCUT2D eigenvalue weighted by molar-refractivity contribution is 0.0594. The molecule has 0 aliphatic rings. The van der Waals surface area contributed by atoms with Crippen molar-refractivity contribution >= 4 is 28.7 Å². The topological polar surface area (TPSA) is 57.0 Å². The molecule has 1 aromatic carbocycles. The van der Waals surface area contributed by atoms with E-state index >= 15 is 0 Å². The molecule has 0 fully saturated rings. The van der Waals surface area contributed by atoms with Gasteiger partial charge in [-0.2, -0.15) is 0 Å². The first-order valence-corrected chi connectivity index (χ1v) is 7.54. The Balaban J connectivity index is 2.08. The van der Waals surface area contributed by atoms with Gasteiger partial charge in [0.1, 0.15) is 11.3 Å². The lowest BCUT2D eigenvalue weighted by Gasteiger charge is -2.09. The van der Waals surface area contributed by atoms with Crippen molar-refractivity contribution in [2.24, 2.45) is 0 Å². The van der Waals surface area contributed by atoms with Crippen LogP contribution in [0.5, 0.6) is 0 Å². The summed E-state index contributed by atoms with van der Waals surface area (Å²) < 4.78 is 6.67. The molecule has 0 aliphatic carbocycles. The summed E-state index contributed by atoms with van der Waals surface area (Å²) in [6, 6.07) is 9.33. The van der Waals surface area contributed by atoms with Crippen LogP contribution < -0.4 is 0 Å². The minimum absolute atomic E-state index is 0.260. The molecule has 2 aromatic heterocycles. The molecule has 0 atom stereocenters. The molecule has 2 heterocycles. The summed E-state index contributed by atoms with van der Waals surface area (Å²) in [6.45, 7) is 4.44. The Labute approximate surface area is 138 Å². The number of hydrogen-bond acceptors (Lipinski definition) is 4. The summed E-state index contributed by atoms with van der Waals surface area (Å²) in [5.41, 5.74) is 3.72. The van der Waals surface area contributed by atoms with Crippen molar-refractivity contribution in [3.63, 3.8) is 0 Å². The molecule has 0 saturated heterocycles. The number of nitrogens with zero attached hydrogens (tertiary/aromatic N) is 3. The molecule has 0 saturated carbocycles. The number of benzene rings is 1. The van der Waals surface area contributed by atoms with Gasteiger partial charge < -0.3 is 9.30 Å². The molecule has 0 unspecified atom stereocenters. The fourth-order valence-electron chi connectivity index (χ4n) is 2.47. The summed E-state index contributed by atoms with van der Waals surface area (Å²) in [4.78, 5) is 20.6. The lowest BCUT2D eigenvalue weighted by Crippen LogP contribution is -2.07. The quantitative estimate of drug-likeness (QED) is 0.690. The number of aryl methyl sites for hydroxylation is 2. The first-order valence-electron chi connectivity index (χ1n) is 7.17. The Morgan fingerprint density at radius 3 is 2.70 bits per heavy atom. The van der Waals surface area contributed by atoms with Crippen molar-refractivity contribution < 1.29 is 9.53 Å². The zero-order valence-electron chi connectivity index (χ0n) is 13.1. The van der Waals surface area contributed by atoms with Crippen molar-refractivity contribution in [3.8, 4) is 0 Å². The monoisotopic (exact) mass is 329 g/mol. The molecule has 118 valence electrons. The van der Waals surface area contributed by atoms with E-state index in [0.717, 1.165) is 22.5 Å². The van der Waals surface area contributed by atoms with Crippen LogP contribution in [0.1, 0.15) is 27.4 Å². The number of methoxy groups -OCH3 is 1. The van der Waals surface area contributed by atoms with Gasteiger partial charge in [-0.1, -0.05) is 23.7 Å².